The van der Waals surface area contributed by atoms with Crippen LogP contribution in [0.15, 0.2) is 60.7 Å². The summed E-state index contributed by atoms with van der Waals surface area (Å²) < 4.78 is 5.57. The Morgan fingerprint density at radius 3 is 2.00 bits per heavy atom. The van der Waals surface area contributed by atoms with Crippen molar-refractivity contribution in [1.29, 1.82) is 0 Å². The predicted molar refractivity (Wildman–Crippen MR) is 95.5 cm³/mol. The van der Waals surface area contributed by atoms with Gasteiger partial charge < -0.3 is 14.5 Å². The van der Waals surface area contributed by atoms with Gasteiger partial charge in [0.15, 0.2) is 0 Å². The van der Waals surface area contributed by atoms with E-state index < -0.39 is 0 Å². The van der Waals surface area contributed by atoms with E-state index in [2.05, 4.69) is 0 Å². The quantitative estimate of drug-likeness (QED) is 0.841. The molecule has 3 rings (SSSR count). The second-order valence-corrected chi connectivity index (χ2v) is 5.95. The average molecular weight is 338 g/mol. The molecule has 1 heterocycles. The van der Waals surface area contributed by atoms with Crippen molar-refractivity contribution in [1.82, 2.24) is 9.80 Å². The molecule has 0 spiro atoms. The molecule has 2 amide bonds. The molecule has 0 bridgehead atoms. The molecule has 0 aliphatic carbocycles. The van der Waals surface area contributed by atoms with Gasteiger partial charge in [0.05, 0.1) is 13.0 Å². The lowest BCUT2D eigenvalue weighted by Crippen LogP contribution is -2.50. The maximum Gasteiger partial charge on any atom is 0.253 e. The third-order valence-electron chi connectivity index (χ3n) is 4.27. The van der Waals surface area contributed by atoms with Gasteiger partial charge in [0.1, 0.15) is 5.75 Å². The van der Waals surface area contributed by atoms with E-state index in [0.717, 1.165) is 5.75 Å². The number of hydrogen-bond donors (Lipinski definition) is 0. The van der Waals surface area contributed by atoms with Crippen LogP contribution in [0.3, 0.4) is 0 Å². The topological polar surface area (TPSA) is 49.9 Å². The molecule has 1 aliphatic heterocycles. The molecule has 0 saturated carbocycles. The molecule has 2 aromatic carbocycles. The number of ether oxygens (including phenoxy) is 1. The SMILES string of the molecule is O=C(CCOc1ccccc1)N1CCN(C(=O)c2ccccc2)CC1. The molecule has 0 unspecified atom stereocenters. The Kier molecular flexibility index (Phi) is 5.67. The summed E-state index contributed by atoms with van der Waals surface area (Å²) in [5.74, 6) is 0.872. The van der Waals surface area contributed by atoms with Gasteiger partial charge in [0.2, 0.25) is 5.91 Å². The highest BCUT2D eigenvalue weighted by Crippen LogP contribution is 2.11. The maximum absolute atomic E-state index is 12.4. The minimum absolute atomic E-state index is 0.0279. The molecule has 0 radical (unpaired) electrons. The summed E-state index contributed by atoms with van der Waals surface area (Å²) in [5, 5.41) is 0. The third kappa shape index (κ3) is 4.59. The summed E-state index contributed by atoms with van der Waals surface area (Å²) >= 11 is 0. The summed E-state index contributed by atoms with van der Waals surface area (Å²) in [5.41, 5.74) is 0.693. The van der Waals surface area contributed by atoms with Crippen LogP contribution in [-0.2, 0) is 4.79 Å². The fourth-order valence-corrected chi connectivity index (χ4v) is 2.85. The molecule has 5 heteroatoms. The lowest BCUT2D eigenvalue weighted by Gasteiger charge is -2.34. The van der Waals surface area contributed by atoms with Gasteiger partial charge in [-0.1, -0.05) is 36.4 Å². The number of hydrogen-bond acceptors (Lipinski definition) is 3. The molecule has 1 fully saturated rings. The Morgan fingerprint density at radius 1 is 0.800 bits per heavy atom. The summed E-state index contributed by atoms with van der Waals surface area (Å²) in [6, 6.07) is 18.7. The average Bonchev–Trinajstić information content (AvgIpc) is 2.69. The second-order valence-electron chi connectivity index (χ2n) is 5.95. The Labute approximate surface area is 147 Å². The normalized spacial score (nSPS) is 14.2. The Balaban J connectivity index is 1.42. The molecule has 0 aromatic heterocycles. The van der Waals surface area contributed by atoms with E-state index in [0.29, 0.717) is 44.8 Å². The highest BCUT2D eigenvalue weighted by atomic mass is 16.5. The first-order valence-corrected chi connectivity index (χ1v) is 8.54. The zero-order chi connectivity index (χ0) is 17.5. The van der Waals surface area contributed by atoms with Crippen molar-refractivity contribution in [2.24, 2.45) is 0 Å². The summed E-state index contributed by atoms with van der Waals surface area (Å²) in [6.07, 6.45) is 0.349. The molecule has 0 atom stereocenters. The largest absolute Gasteiger partial charge is 0.493 e. The lowest BCUT2D eigenvalue weighted by molar-refractivity contribution is -0.133. The molecule has 5 nitrogen and oxygen atoms in total. The van der Waals surface area contributed by atoms with Crippen molar-refractivity contribution in [3.8, 4) is 5.75 Å². The van der Waals surface area contributed by atoms with Crippen molar-refractivity contribution in [3.05, 3.63) is 66.2 Å². The number of amides is 2. The molecule has 25 heavy (non-hydrogen) atoms. The molecule has 0 N–H and O–H groups in total. The predicted octanol–water partition coefficient (Wildman–Crippen LogP) is 2.44. The molecular weight excluding hydrogens is 316 g/mol. The number of nitrogens with zero attached hydrogens (tertiary/aromatic N) is 2. The van der Waals surface area contributed by atoms with Gasteiger partial charge in [0, 0.05) is 31.7 Å². The molecule has 2 aromatic rings. The Hall–Kier alpha value is -2.82. The van der Waals surface area contributed by atoms with Gasteiger partial charge in [-0.2, -0.15) is 0 Å². The van der Waals surface area contributed by atoms with Gasteiger partial charge in [-0.3, -0.25) is 9.59 Å². The summed E-state index contributed by atoms with van der Waals surface area (Å²) in [4.78, 5) is 28.3. The lowest BCUT2D eigenvalue weighted by atomic mass is 10.2. The Morgan fingerprint density at radius 2 is 1.36 bits per heavy atom. The number of carbonyl (C=O) groups excluding carboxylic acids is 2. The van der Waals surface area contributed by atoms with Gasteiger partial charge in [-0.25, -0.2) is 0 Å². The minimum atomic E-state index is 0.0279. The molecule has 130 valence electrons. The van der Waals surface area contributed by atoms with Gasteiger partial charge >= 0.3 is 0 Å². The van der Waals surface area contributed by atoms with Crippen LogP contribution in [0.25, 0.3) is 0 Å². The van der Waals surface area contributed by atoms with Crippen LogP contribution in [0, 0.1) is 0 Å². The zero-order valence-electron chi connectivity index (χ0n) is 14.1. The number of rotatable bonds is 5. The van der Waals surface area contributed by atoms with E-state index in [4.69, 9.17) is 4.74 Å². The van der Waals surface area contributed by atoms with Gasteiger partial charge in [-0.05, 0) is 24.3 Å². The highest BCUT2D eigenvalue weighted by Gasteiger charge is 2.24. The van der Waals surface area contributed by atoms with Crippen LogP contribution in [0.5, 0.6) is 5.75 Å². The van der Waals surface area contributed by atoms with Crippen LogP contribution < -0.4 is 4.74 Å². The molecule has 1 saturated heterocycles. The van der Waals surface area contributed by atoms with E-state index in [-0.39, 0.29) is 11.8 Å². The Bertz CT molecular complexity index is 695. The fraction of sp³-hybridized carbons (Fsp3) is 0.300. The zero-order valence-corrected chi connectivity index (χ0v) is 14.1. The number of carbonyl (C=O) groups is 2. The maximum atomic E-state index is 12.4. The van der Waals surface area contributed by atoms with E-state index in [9.17, 15) is 9.59 Å². The number of piperazine rings is 1. The van der Waals surface area contributed by atoms with E-state index in [1.165, 1.54) is 0 Å². The van der Waals surface area contributed by atoms with Crippen molar-refractivity contribution in [2.75, 3.05) is 32.8 Å². The van der Waals surface area contributed by atoms with Crippen LogP contribution in [0.1, 0.15) is 16.8 Å². The van der Waals surface area contributed by atoms with E-state index in [1.54, 1.807) is 4.90 Å². The van der Waals surface area contributed by atoms with Crippen LogP contribution >= 0.6 is 0 Å². The summed E-state index contributed by atoms with van der Waals surface area (Å²) in [6.45, 7) is 2.65. The third-order valence-corrected chi connectivity index (χ3v) is 4.27. The first-order valence-electron chi connectivity index (χ1n) is 8.54. The van der Waals surface area contributed by atoms with Crippen LogP contribution in [0.4, 0.5) is 0 Å². The van der Waals surface area contributed by atoms with E-state index in [1.807, 2.05) is 65.6 Å². The smallest absolute Gasteiger partial charge is 0.253 e. The minimum Gasteiger partial charge on any atom is -0.493 e. The first kappa shape index (κ1) is 17.0. The van der Waals surface area contributed by atoms with Crippen molar-refractivity contribution < 1.29 is 14.3 Å². The second kappa shape index (κ2) is 8.33. The monoisotopic (exact) mass is 338 g/mol. The highest BCUT2D eigenvalue weighted by molar-refractivity contribution is 5.94. The number of benzene rings is 2. The molecule has 1 aliphatic rings. The van der Waals surface area contributed by atoms with Crippen molar-refractivity contribution >= 4 is 11.8 Å². The van der Waals surface area contributed by atoms with Gasteiger partial charge in [0.25, 0.3) is 5.91 Å². The number of para-hydroxylation sites is 1. The van der Waals surface area contributed by atoms with Crippen molar-refractivity contribution in [3.63, 3.8) is 0 Å². The van der Waals surface area contributed by atoms with Crippen LogP contribution in [-0.4, -0.2) is 54.4 Å². The van der Waals surface area contributed by atoms with Gasteiger partial charge in [-0.15, -0.1) is 0 Å². The van der Waals surface area contributed by atoms with Crippen molar-refractivity contribution in [2.45, 2.75) is 6.42 Å². The first-order chi connectivity index (χ1) is 12.2. The van der Waals surface area contributed by atoms with Crippen LogP contribution in [0.2, 0.25) is 0 Å². The standard InChI is InChI=1S/C20H22N2O3/c23-19(11-16-25-18-9-5-2-6-10-18)21-12-14-22(15-13-21)20(24)17-7-3-1-4-8-17/h1-10H,11-16H2. The fourth-order valence-electron chi connectivity index (χ4n) is 2.85. The summed E-state index contributed by atoms with van der Waals surface area (Å²) in [7, 11) is 0. The molecular formula is C20H22N2O3. The van der Waals surface area contributed by atoms with E-state index >= 15 is 0 Å².